The number of carboxylic acids is 1. The van der Waals surface area contributed by atoms with Gasteiger partial charge in [0.25, 0.3) is 0 Å². The molecule has 0 amide bonds. The molecule has 0 fully saturated rings. The van der Waals surface area contributed by atoms with E-state index in [4.69, 9.17) is 5.11 Å². The van der Waals surface area contributed by atoms with Crippen LogP contribution in [0, 0.1) is 5.82 Å². The topological polar surface area (TPSA) is 54.4 Å². The third-order valence-electron chi connectivity index (χ3n) is 2.34. The van der Waals surface area contributed by atoms with Gasteiger partial charge in [-0.25, -0.2) is 4.39 Å². The second-order valence-corrected chi connectivity index (χ2v) is 5.22. The first kappa shape index (κ1) is 15.4. The molecule has 0 bridgehead atoms. The third-order valence-corrected chi connectivity index (χ3v) is 3.18. The van der Waals surface area contributed by atoms with E-state index in [1.165, 1.54) is 36.9 Å². The largest absolute Gasteiger partial charge is 0.481 e. The zero-order chi connectivity index (χ0) is 14.3. The van der Waals surface area contributed by atoms with E-state index in [0.717, 1.165) is 0 Å². The van der Waals surface area contributed by atoms with Crippen molar-refractivity contribution in [2.45, 2.75) is 19.8 Å². The molecule has 0 aliphatic rings. The Bertz CT molecular complexity index is 497. The average Bonchev–Trinajstić information content (AvgIpc) is 2.31. The fourth-order valence-corrected chi connectivity index (χ4v) is 2.07. The molecule has 0 aliphatic carbocycles. The Hall–Kier alpha value is -1.62. The minimum absolute atomic E-state index is 0.0609. The van der Waals surface area contributed by atoms with Crippen LogP contribution in [-0.2, 0) is 16.0 Å². The predicted octanol–water partition coefficient (Wildman–Crippen LogP) is 3.14. The Morgan fingerprint density at radius 2 is 2.16 bits per heavy atom. The highest BCUT2D eigenvalue weighted by molar-refractivity contribution is 8.13. The van der Waals surface area contributed by atoms with E-state index in [1.807, 2.05) is 6.08 Å². The number of allylic oxidation sites excluding steroid dienone is 1. The van der Waals surface area contributed by atoms with Gasteiger partial charge in [0.05, 0.1) is 6.42 Å². The van der Waals surface area contributed by atoms with Crippen molar-refractivity contribution in [2.24, 2.45) is 0 Å². The summed E-state index contributed by atoms with van der Waals surface area (Å²) in [7, 11) is 0. The zero-order valence-electron chi connectivity index (χ0n) is 10.6. The molecular weight excluding hydrogens is 267 g/mol. The lowest BCUT2D eigenvalue weighted by atomic mass is 10.0. The van der Waals surface area contributed by atoms with Crippen molar-refractivity contribution in [1.29, 1.82) is 0 Å². The molecule has 0 atom stereocenters. The van der Waals surface area contributed by atoms with Gasteiger partial charge in [-0.3, -0.25) is 9.59 Å². The lowest BCUT2D eigenvalue weighted by Crippen LogP contribution is -2.02. The van der Waals surface area contributed by atoms with Gasteiger partial charge in [-0.2, -0.15) is 0 Å². The van der Waals surface area contributed by atoms with Gasteiger partial charge in [0.1, 0.15) is 5.82 Å². The summed E-state index contributed by atoms with van der Waals surface area (Å²) >= 11 is 1.23. The van der Waals surface area contributed by atoms with E-state index in [2.05, 4.69) is 0 Å². The molecule has 0 spiro atoms. The highest BCUT2D eigenvalue weighted by Gasteiger charge is 2.05. The van der Waals surface area contributed by atoms with Crippen LogP contribution in [0.2, 0.25) is 0 Å². The number of hydrogen-bond acceptors (Lipinski definition) is 3. The summed E-state index contributed by atoms with van der Waals surface area (Å²) in [6, 6.07) is 4.04. The Kier molecular flexibility index (Phi) is 6.29. The number of aliphatic carboxylic acids is 1. The minimum atomic E-state index is -0.951. The van der Waals surface area contributed by atoms with Gasteiger partial charge in [-0.15, -0.1) is 0 Å². The van der Waals surface area contributed by atoms with Gasteiger partial charge in [-0.1, -0.05) is 30.0 Å². The molecule has 0 radical (unpaired) electrons. The van der Waals surface area contributed by atoms with E-state index in [-0.39, 0.29) is 11.5 Å². The van der Waals surface area contributed by atoms with E-state index < -0.39 is 11.8 Å². The van der Waals surface area contributed by atoms with Gasteiger partial charge in [0.2, 0.25) is 0 Å². The summed E-state index contributed by atoms with van der Waals surface area (Å²) in [5, 5.41) is 8.83. The predicted molar refractivity (Wildman–Crippen MR) is 74.5 cm³/mol. The molecule has 0 aliphatic heterocycles. The van der Waals surface area contributed by atoms with Crippen LogP contribution >= 0.6 is 11.8 Å². The first-order chi connectivity index (χ1) is 8.99. The highest BCUT2D eigenvalue weighted by atomic mass is 32.2. The summed E-state index contributed by atoms with van der Waals surface area (Å²) < 4.78 is 13.1. The van der Waals surface area contributed by atoms with Crippen LogP contribution in [0.3, 0.4) is 0 Å². The van der Waals surface area contributed by atoms with Gasteiger partial charge in [-0.05, 0) is 29.7 Å². The molecule has 0 saturated carbocycles. The molecule has 0 saturated heterocycles. The molecule has 1 aromatic carbocycles. The maximum absolute atomic E-state index is 13.1. The fraction of sp³-hybridized carbons (Fsp3) is 0.286. The molecule has 0 unspecified atom stereocenters. The molecule has 102 valence electrons. The van der Waals surface area contributed by atoms with Gasteiger partial charge in [0.15, 0.2) is 5.12 Å². The smallest absolute Gasteiger partial charge is 0.307 e. The highest BCUT2D eigenvalue weighted by Crippen LogP contribution is 2.15. The Balaban J connectivity index is 2.69. The average molecular weight is 282 g/mol. The van der Waals surface area contributed by atoms with E-state index in [0.29, 0.717) is 23.3 Å². The summed E-state index contributed by atoms with van der Waals surface area (Å²) in [4.78, 5) is 21.4. The van der Waals surface area contributed by atoms with Crippen LogP contribution in [0.4, 0.5) is 4.39 Å². The number of hydrogen-bond donors (Lipinski definition) is 1. The second kappa shape index (κ2) is 7.74. The monoisotopic (exact) mass is 282 g/mol. The van der Waals surface area contributed by atoms with Crippen LogP contribution in [0.25, 0.3) is 6.08 Å². The second-order valence-electron chi connectivity index (χ2n) is 3.94. The maximum Gasteiger partial charge on any atom is 0.307 e. The van der Waals surface area contributed by atoms with E-state index >= 15 is 0 Å². The molecule has 0 aromatic heterocycles. The van der Waals surface area contributed by atoms with Crippen LogP contribution in [0.5, 0.6) is 0 Å². The summed E-state index contributed by atoms with van der Waals surface area (Å²) in [5.41, 5.74) is 1.14. The molecule has 1 N–H and O–H groups in total. The van der Waals surface area contributed by atoms with Gasteiger partial charge < -0.3 is 5.11 Å². The molecular formula is C14H15FO3S. The number of halogens is 1. The summed E-state index contributed by atoms with van der Waals surface area (Å²) in [5.74, 6) is -0.685. The molecule has 1 rings (SSSR count). The lowest BCUT2D eigenvalue weighted by Gasteiger charge is -2.03. The number of thioether (sulfide) groups is 1. The molecule has 19 heavy (non-hydrogen) atoms. The van der Waals surface area contributed by atoms with Crippen molar-refractivity contribution in [1.82, 2.24) is 0 Å². The number of carbonyl (C=O) groups is 2. The van der Waals surface area contributed by atoms with Crippen molar-refractivity contribution in [3.05, 3.63) is 41.2 Å². The van der Waals surface area contributed by atoms with Crippen LogP contribution < -0.4 is 0 Å². The van der Waals surface area contributed by atoms with Crippen molar-refractivity contribution in [2.75, 3.05) is 5.75 Å². The number of rotatable bonds is 6. The van der Waals surface area contributed by atoms with E-state index in [9.17, 15) is 14.0 Å². The zero-order valence-corrected chi connectivity index (χ0v) is 11.4. The standard InChI is InChI=1S/C14H15FO3S/c1-10(16)19-7-3-2-4-11-8-13(15)6-5-12(11)9-14(17)18/h2,4-6,8H,3,7,9H2,1H3,(H,17,18). The van der Waals surface area contributed by atoms with Crippen molar-refractivity contribution in [3.63, 3.8) is 0 Å². The Morgan fingerprint density at radius 3 is 2.79 bits per heavy atom. The molecule has 0 heterocycles. The van der Waals surface area contributed by atoms with Crippen molar-refractivity contribution in [3.8, 4) is 0 Å². The number of carboxylic acid groups (broad SMARTS) is 1. The van der Waals surface area contributed by atoms with Crippen LogP contribution in [0.15, 0.2) is 24.3 Å². The maximum atomic E-state index is 13.1. The van der Waals surface area contributed by atoms with Crippen LogP contribution in [0.1, 0.15) is 24.5 Å². The minimum Gasteiger partial charge on any atom is -0.481 e. The summed E-state index contributed by atoms with van der Waals surface area (Å²) in [6.45, 7) is 1.51. The normalized spacial score (nSPS) is 10.8. The first-order valence-electron chi connectivity index (χ1n) is 5.79. The molecule has 1 aromatic rings. The number of carbonyl (C=O) groups excluding carboxylic acids is 1. The van der Waals surface area contributed by atoms with Gasteiger partial charge >= 0.3 is 5.97 Å². The van der Waals surface area contributed by atoms with Crippen LogP contribution in [-0.4, -0.2) is 21.9 Å². The van der Waals surface area contributed by atoms with Crippen molar-refractivity contribution < 1.29 is 19.1 Å². The fourth-order valence-electron chi connectivity index (χ4n) is 1.53. The Labute approximate surface area is 115 Å². The Morgan fingerprint density at radius 1 is 1.42 bits per heavy atom. The molecule has 5 heteroatoms. The quantitative estimate of drug-likeness (QED) is 0.814. The number of benzene rings is 1. The van der Waals surface area contributed by atoms with E-state index in [1.54, 1.807) is 6.08 Å². The van der Waals surface area contributed by atoms with Gasteiger partial charge in [0, 0.05) is 12.7 Å². The first-order valence-corrected chi connectivity index (χ1v) is 6.77. The molecule has 3 nitrogen and oxygen atoms in total. The lowest BCUT2D eigenvalue weighted by molar-refractivity contribution is -0.136. The van der Waals surface area contributed by atoms with Crippen molar-refractivity contribution >= 4 is 28.9 Å². The summed E-state index contributed by atoms with van der Waals surface area (Å²) in [6.07, 6.45) is 4.05. The third kappa shape index (κ3) is 6.20. The SMILES string of the molecule is CC(=O)SCCC=Cc1cc(F)ccc1CC(=O)O.